The van der Waals surface area contributed by atoms with Crippen molar-refractivity contribution >= 4 is 5.91 Å². The molecule has 1 rings (SSSR count). The average Bonchev–Trinajstić information content (AvgIpc) is 2.36. The summed E-state index contributed by atoms with van der Waals surface area (Å²) in [6, 6.07) is 8.62. The highest BCUT2D eigenvalue weighted by molar-refractivity contribution is 5.76. The fraction of sp³-hybridized carbons (Fsp3) is 0.533. The Morgan fingerprint density at radius 2 is 1.83 bits per heavy atom. The van der Waals surface area contributed by atoms with Crippen LogP contribution in [0.15, 0.2) is 24.3 Å². The van der Waals surface area contributed by atoms with Crippen LogP contribution in [0, 0.1) is 5.92 Å². The number of benzene rings is 1. The maximum Gasteiger partial charge on any atom is 0.220 e. The Bertz CT molecular complexity index is 377. The molecular formula is C15H24N2O. The van der Waals surface area contributed by atoms with Gasteiger partial charge in [0.2, 0.25) is 5.91 Å². The van der Waals surface area contributed by atoms with Gasteiger partial charge in [-0.05, 0) is 49.8 Å². The highest BCUT2D eigenvalue weighted by Gasteiger charge is 2.07. The number of hydrogen-bond acceptors (Lipinski definition) is 2. The van der Waals surface area contributed by atoms with Crippen molar-refractivity contribution in [1.29, 1.82) is 0 Å². The molecule has 0 radical (unpaired) electrons. The summed E-state index contributed by atoms with van der Waals surface area (Å²) in [6.45, 7) is 2.63. The molecule has 0 heterocycles. The number of nitrogens with two attached hydrogens (primary N) is 2. The van der Waals surface area contributed by atoms with E-state index in [1.165, 1.54) is 11.1 Å². The molecule has 1 amide bonds. The van der Waals surface area contributed by atoms with Crippen molar-refractivity contribution < 1.29 is 4.79 Å². The first kappa shape index (κ1) is 14.7. The van der Waals surface area contributed by atoms with E-state index in [2.05, 4.69) is 24.3 Å². The second kappa shape index (κ2) is 7.88. The van der Waals surface area contributed by atoms with Crippen LogP contribution < -0.4 is 11.5 Å². The summed E-state index contributed by atoms with van der Waals surface area (Å²) in [5, 5.41) is 0. The molecule has 1 atom stereocenters. The summed E-state index contributed by atoms with van der Waals surface area (Å²) < 4.78 is 0. The fourth-order valence-corrected chi connectivity index (χ4v) is 2.00. The Labute approximate surface area is 110 Å². The molecule has 3 heteroatoms. The van der Waals surface area contributed by atoms with Crippen LogP contribution in [0.3, 0.4) is 0 Å². The van der Waals surface area contributed by atoms with Gasteiger partial charge in [-0.3, -0.25) is 4.79 Å². The van der Waals surface area contributed by atoms with Crippen LogP contribution in [0.1, 0.15) is 37.3 Å². The van der Waals surface area contributed by atoms with Crippen LogP contribution in [0.25, 0.3) is 0 Å². The number of rotatable bonds is 8. The normalized spacial score (nSPS) is 12.3. The minimum Gasteiger partial charge on any atom is -0.369 e. The quantitative estimate of drug-likeness (QED) is 0.739. The molecule has 1 aromatic rings. The third-order valence-corrected chi connectivity index (χ3v) is 3.25. The van der Waals surface area contributed by atoms with Gasteiger partial charge in [-0.1, -0.05) is 31.2 Å². The predicted octanol–water partition coefficient (Wildman–Crippen LogP) is 2.02. The van der Waals surface area contributed by atoms with Crippen LogP contribution in [-0.2, 0) is 17.6 Å². The standard InChI is InChI=1S/C15H24N2O/c1-12(15(17)18)5-2-6-13-7-3-8-14(11-13)9-4-10-16/h3,7-8,11-12H,2,4-6,9-10,16H2,1H3,(H2,17,18). The lowest BCUT2D eigenvalue weighted by atomic mass is 9.99. The zero-order valence-corrected chi connectivity index (χ0v) is 11.2. The SMILES string of the molecule is CC(CCCc1cccc(CCCN)c1)C(N)=O. The first-order valence-corrected chi connectivity index (χ1v) is 6.70. The largest absolute Gasteiger partial charge is 0.369 e. The number of carbonyl (C=O) groups is 1. The van der Waals surface area contributed by atoms with E-state index in [9.17, 15) is 4.79 Å². The lowest BCUT2D eigenvalue weighted by Gasteiger charge is -2.08. The first-order chi connectivity index (χ1) is 8.63. The van der Waals surface area contributed by atoms with Crippen molar-refractivity contribution in [3.63, 3.8) is 0 Å². The van der Waals surface area contributed by atoms with Crippen molar-refractivity contribution in [3.8, 4) is 0 Å². The second-order valence-corrected chi connectivity index (χ2v) is 4.91. The monoisotopic (exact) mass is 248 g/mol. The molecule has 1 aromatic carbocycles. The summed E-state index contributed by atoms with van der Waals surface area (Å²) in [5.41, 5.74) is 13.4. The van der Waals surface area contributed by atoms with Crippen molar-refractivity contribution in [1.82, 2.24) is 0 Å². The summed E-state index contributed by atoms with van der Waals surface area (Å²) >= 11 is 0. The van der Waals surface area contributed by atoms with E-state index in [4.69, 9.17) is 11.5 Å². The summed E-state index contributed by atoms with van der Waals surface area (Å²) in [5.74, 6) is -0.225. The van der Waals surface area contributed by atoms with Gasteiger partial charge in [-0.15, -0.1) is 0 Å². The van der Waals surface area contributed by atoms with Crippen molar-refractivity contribution in [3.05, 3.63) is 35.4 Å². The maximum atomic E-state index is 10.9. The van der Waals surface area contributed by atoms with Crippen molar-refractivity contribution in [2.45, 2.75) is 39.0 Å². The molecule has 1 unspecified atom stereocenters. The fourth-order valence-electron chi connectivity index (χ4n) is 2.00. The van der Waals surface area contributed by atoms with Crippen LogP contribution in [0.4, 0.5) is 0 Å². The molecule has 0 aliphatic heterocycles. The van der Waals surface area contributed by atoms with Gasteiger partial charge in [0.05, 0.1) is 0 Å². The Morgan fingerprint density at radius 1 is 1.22 bits per heavy atom. The second-order valence-electron chi connectivity index (χ2n) is 4.91. The molecule has 100 valence electrons. The number of aryl methyl sites for hydroxylation is 2. The number of primary amides is 1. The molecule has 0 saturated carbocycles. The highest BCUT2D eigenvalue weighted by atomic mass is 16.1. The Balaban J connectivity index is 2.40. The molecule has 18 heavy (non-hydrogen) atoms. The van der Waals surface area contributed by atoms with Gasteiger partial charge in [0.15, 0.2) is 0 Å². The minimum absolute atomic E-state index is 0.0228. The van der Waals surface area contributed by atoms with Gasteiger partial charge < -0.3 is 11.5 Å². The van der Waals surface area contributed by atoms with Gasteiger partial charge in [0.1, 0.15) is 0 Å². The third-order valence-electron chi connectivity index (χ3n) is 3.25. The molecule has 0 spiro atoms. The maximum absolute atomic E-state index is 10.9. The van der Waals surface area contributed by atoms with Gasteiger partial charge in [0, 0.05) is 5.92 Å². The summed E-state index contributed by atoms with van der Waals surface area (Å²) in [4.78, 5) is 10.9. The average molecular weight is 248 g/mol. The third kappa shape index (κ3) is 5.32. The first-order valence-electron chi connectivity index (χ1n) is 6.70. The number of carbonyl (C=O) groups excluding carboxylic acids is 1. The predicted molar refractivity (Wildman–Crippen MR) is 75.1 cm³/mol. The van der Waals surface area contributed by atoms with Crippen LogP contribution in [-0.4, -0.2) is 12.5 Å². The van der Waals surface area contributed by atoms with Gasteiger partial charge in [-0.25, -0.2) is 0 Å². The molecule has 0 aliphatic carbocycles. The van der Waals surface area contributed by atoms with Crippen molar-refractivity contribution in [2.75, 3.05) is 6.54 Å². The molecule has 0 bridgehead atoms. The van der Waals surface area contributed by atoms with E-state index >= 15 is 0 Å². The zero-order chi connectivity index (χ0) is 13.4. The highest BCUT2D eigenvalue weighted by Crippen LogP contribution is 2.13. The van der Waals surface area contributed by atoms with E-state index in [1.54, 1.807) is 0 Å². The molecule has 3 nitrogen and oxygen atoms in total. The van der Waals surface area contributed by atoms with Gasteiger partial charge >= 0.3 is 0 Å². The van der Waals surface area contributed by atoms with Crippen LogP contribution >= 0.6 is 0 Å². The number of amides is 1. The van der Waals surface area contributed by atoms with E-state index < -0.39 is 0 Å². The molecule has 0 saturated heterocycles. The Hall–Kier alpha value is -1.35. The Kier molecular flexibility index (Phi) is 6.44. The van der Waals surface area contributed by atoms with E-state index in [0.29, 0.717) is 0 Å². The molecule has 0 aromatic heterocycles. The Morgan fingerprint density at radius 3 is 2.39 bits per heavy atom. The summed E-state index contributed by atoms with van der Waals surface area (Å²) in [6.07, 6.45) is 4.95. The molecule has 0 fully saturated rings. The van der Waals surface area contributed by atoms with Gasteiger partial charge in [-0.2, -0.15) is 0 Å². The van der Waals surface area contributed by atoms with Gasteiger partial charge in [0.25, 0.3) is 0 Å². The zero-order valence-electron chi connectivity index (χ0n) is 11.2. The molecular weight excluding hydrogens is 224 g/mol. The van der Waals surface area contributed by atoms with E-state index in [0.717, 1.165) is 38.6 Å². The number of hydrogen-bond donors (Lipinski definition) is 2. The summed E-state index contributed by atoms with van der Waals surface area (Å²) in [7, 11) is 0. The van der Waals surface area contributed by atoms with E-state index in [1.807, 2.05) is 6.92 Å². The van der Waals surface area contributed by atoms with Crippen LogP contribution in [0.2, 0.25) is 0 Å². The van der Waals surface area contributed by atoms with E-state index in [-0.39, 0.29) is 11.8 Å². The topological polar surface area (TPSA) is 69.1 Å². The molecule has 4 N–H and O–H groups in total. The van der Waals surface area contributed by atoms with Crippen molar-refractivity contribution in [2.24, 2.45) is 17.4 Å². The molecule has 0 aliphatic rings. The minimum atomic E-state index is -0.202. The lowest BCUT2D eigenvalue weighted by molar-refractivity contribution is -0.121. The van der Waals surface area contributed by atoms with Crippen LogP contribution in [0.5, 0.6) is 0 Å². The smallest absolute Gasteiger partial charge is 0.220 e. The lowest BCUT2D eigenvalue weighted by Crippen LogP contribution is -2.20.